The van der Waals surface area contributed by atoms with Crippen molar-refractivity contribution in [2.75, 3.05) is 5.32 Å². The number of rotatable bonds is 3. The van der Waals surface area contributed by atoms with Gasteiger partial charge in [-0.1, -0.05) is 25.3 Å². The van der Waals surface area contributed by atoms with Crippen molar-refractivity contribution in [3.63, 3.8) is 0 Å². The molecule has 2 aromatic heterocycles. The van der Waals surface area contributed by atoms with E-state index in [2.05, 4.69) is 15.3 Å². The normalized spacial score (nSPS) is 20.8. The zero-order chi connectivity index (χ0) is 16.5. The van der Waals surface area contributed by atoms with E-state index in [4.69, 9.17) is 0 Å². The van der Waals surface area contributed by atoms with Crippen LogP contribution in [0, 0.1) is 0 Å². The molecule has 2 aliphatic carbocycles. The fourth-order valence-electron chi connectivity index (χ4n) is 4.02. The number of hydrogen-bond acceptors (Lipinski definition) is 4. The number of aromatic nitrogens is 3. The van der Waals surface area contributed by atoms with Crippen LogP contribution in [0.1, 0.15) is 61.9 Å². The molecule has 1 fully saturated rings. The van der Waals surface area contributed by atoms with Crippen molar-refractivity contribution < 1.29 is 0 Å². The lowest BCUT2D eigenvalue weighted by Gasteiger charge is -2.23. The number of nitrogens with one attached hydrogen (secondary N) is 2. The molecule has 126 valence electrons. The van der Waals surface area contributed by atoms with Gasteiger partial charge in [-0.25, -0.2) is 9.78 Å². The standard InChI is InChI=1S/C18H22N4O2/c23-17-13-9-10-14(20-15-8-4-5-11-19-15)16(13)21-18(24)22(17)12-6-2-1-3-7-12/h4-5,8,11-12,14H,1-3,6-7,9-10H2,(H,19,20)(H,21,24). The predicted octanol–water partition coefficient (Wildman–Crippen LogP) is 2.54. The summed E-state index contributed by atoms with van der Waals surface area (Å²) in [4.78, 5) is 32.7. The summed E-state index contributed by atoms with van der Waals surface area (Å²) in [6.45, 7) is 0. The zero-order valence-corrected chi connectivity index (χ0v) is 13.6. The molecule has 0 saturated heterocycles. The van der Waals surface area contributed by atoms with E-state index >= 15 is 0 Å². The van der Waals surface area contributed by atoms with Crippen molar-refractivity contribution in [3.05, 3.63) is 56.5 Å². The number of anilines is 1. The van der Waals surface area contributed by atoms with Gasteiger partial charge < -0.3 is 10.3 Å². The third kappa shape index (κ3) is 2.66. The second-order valence-corrected chi connectivity index (χ2v) is 6.74. The Morgan fingerprint density at radius 1 is 1.12 bits per heavy atom. The summed E-state index contributed by atoms with van der Waals surface area (Å²) >= 11 is 0. The highest BCUT2D eigenvalue weighted by atomic mass is 16.2. The van der Waals surface area contributed by atoms with E-state index in [1.54, 1.807) is 6.20 Å². The molecule has 1 unspecified atom stereocenters. The minimum absolute atomic E-state index is 0.0584. The van der Waals surface area contributed by atoms with Crippen molar-refractivity contribution in [3.8, 4) is 0 Å². The number of hydrogen-bond donors (Lipinski definition) is 2. The summed E-state index contributed by atoms with van der Waals surface area (Å²) in [7, 11) is 0. The Morgan fingerprint density at radius 3 is 2.71 bits per heavy atom. The van der Waals surface area contributed by atoms with E-state index in [9.17, 15) is 9.59 Å². The summed E-state index contributed by atoms with van der Waals surface area (Å²) in [5.74, 6) is 0.757. The van der Waals surface area contributed by atoms with Gasteiger partial charge in [-0.2, -0.15) is 0 Å². The molecule has 4 rings (SSSR count). The van der Waals surface area contributed by atoms with E-state index in [0.29, 0.717) is 6.42 Å². The highest BCUT2D eigenvalue weighted by Gasteiger charge is 2.30. The summed E-state index contributed by atoms with van der Waals surface area (Å²) in [5, 5.41) is 3.32. The van der Waals surface area contributed by atoms with Gasteiger partial charge >= 0.3 is 5.69 Å². The van der Waals surface area contributed by atoms with Gasteiger partial charge in [-0.15, -0.1) is 0 Å². The monoisotopic (exact) mass is 326 g/mol. The van der Waals surface area contributed by atoms with E-state index in [1.165, 1.54) is 11.0 Å². The summed E-state index contributed by atoms with van der Waals surface area (Å²) in [6.07, 6.45) is 8.46. The van der Waals surface area contributed by atoms with Gasteiger partial charge in [0.2, 0.25) is 0 Å². The van der Waals surface area contributed by atoms with Crippen LogP contribution < -0.4 is 16.6 Å². The van der Waals surface area contributed by atoms with Gasteiger partial charge in [-0.05, 0) is 37.8 Å². The number of fused-ring (bicyclic) bond motifs is 1. The van der Waals surface area contributed by atoms with Crippen molar-refractivity contribution >= 4 is 5.82 Å². The largest absolute Gasteiger partial charge is 0.362 e. The lowest BCUT2D eigenvalue weighted by molar-refractivity contribution is 0.335. The summed E-state index contributed by atoms with van der Waals surface area (Å²) < 4.78 is 1.47. The van der Waals surface area contributed by atoms with Gasteiger partial charge in [0.1, 0.15) is 5.82 Å². The fourth-order valence-corrected chi connectivity index (χ4v) is 4.02. The average molecular weight is 326 g/mol. The average Bonchev–Trinajstić information content (AvgIpc) is 3.00. The molecule has 0 aliphatic heterocycles. The van der Waals surface area contributed by atoms with Crippen molar-refractivity contribution in [1.29, 1.82) is 0 Å². The number of aromatic amines is 1. The van der Waals surface area contributed by atoms with Gasteiger partial charge in [0, 0.05) is 17.8 Å². The summed E-state index contributed by atoms with van der Waals surface area (Å²) in [6, 6.07) is 5.66. The molecule has 2 heterocycles. The second kappa shape index (κ2) is 6.26. The molecule has 24 heavy (non-hydrogen) atoms. The number of nitrogens with zero attached hydrogens (tertiary/aromatic N) is 2. The summed E-state index contributed by atoms with van der Waals surface area (Å²) in [5.41, 5.74) is 1.14. The maximum absolute atomic E-state index is 12.9. The molecule has 2 N–H and O–H groups in total. The number of pyridine rings is 1. The Morgan fingerprint density at radius 2 is 1.96 bits per heavy atom. The molecule has 0 amide bonds. The minimum Gasteiger partial charge on any atom is -0.362 e. The predicted molar refractivity (Wildman–Crippen MR) is 92.4 cm³/mol. The lowest BCUT2D eigenvalue weighted by atomic mass is 9.95. The Hall–Kier alpha value is -2.37. The molecule has 0 radical (unpaired) electrons. The fraction of sp³-hybridized carbons (Fsp3) is 0.500. The molecule has 6 heteroatoms. The van der Waals surface area contributed by atoms with E-state index in [0.717, 1.165) is 49.2 Å². The molecular weight excluding hydrogens is 304 g/mol. The van der Waals surface area contributed by atoms with Crippen LogP contribution in [0.25, 0.3) is 0 Å². The van der Waals surface area contributed by atoms with E-state index in [1.807, 2.05) is 18.2 Å². The van der Waals surface area contributed by atoms with E-state index < -0.39 is 0 Å². The van der Waals surface area contributed by atoms with Gasteiger partial charge in [0.25, 0.3) is 5.56 Å². The third-order valence-electron chi connectivity index (χ3n) is 5.22. The second-order valence-electron chi connectivity index (χ2n) is 6.74. The molecule has 2 aromatic rings. The molecule has 0 spiro atoms. The molecular formula is C18H22N4O2. The SMILES string of the molecule is O=c1[nH]c2c(c(=O)n1C1CCCCC1)CCC2Nc1ccccn1. The first kappa shape index (κ1) is 15.2. The first-order valence-corrected chi connectivity index (χ1v) is 8.79. The van der Waals surface area contributed by atoms with Gasteiger partial charge in [0.05, 0.1) is 11.7 Å². The molecule has 1 saturated carbocycles. The van der Waals surface area contributed by atoms with Crippen LogP contribution in [-0.2, 0) is 6.42 Å². The first-order valence-electron chi connectivity index (χ1n) is 8.79. The molecule has 2 aliphatic rings. The Labute approximate surface area is 140 Å². The quantitative estimate of drug-likeness (QED) is 0.908. The Balaban J connectivity index is 1.68. The first-order chi connectivity index (χ1) is 11.7. The van der Waals surface area contributed by atoms with Crippen LogP contribution in [0.5, 0.6) is 0 Å². The maximum atomic E-state index is 12.9. The molecule has 0 aromatic carbocycles. The maximum Gasteiger partial charge on any atom is 0.328 e. The van der Waals surface area contributed by atoms with Crippen molar-refractivity contribution in [2.45, 2.75) is 57.0 Å². The topological polar surface area (TPSA) is 79.8 Å². The van der Waals surface area contributed by atoms with Crippen LogP contribution >= 0.6 is 0 Å². The van der Waals surface area contributed by atoms with Crippen molar-refractivity contribution in [2.24, 2.45) is 0 Å². The van der Waals surface area contributed by atoms with Gasteiger partial charge in [0.15, 0.2) is 0 Å². The zero-order valence-electron chi connectivity index (χ0n) is 13.6. The third-order valence-corrected chi connectivity index (χ3v) is 5.22. The lowest BCUT2D eigenvalue weighted by Crippen LogP contribution is -2.41. The van der Waals surface area contributed by atoms with Gasteiger partial charge in [-0.3, -0.25) is 9.36 Å². The Bertz CT molecular complexity index is 834. The van der Waals surface area contributed by atoms with Crippen LogP contribution in [-0.4, -0.2) is 14.5 Å². The van der Waals surface area contributed by atoms with Crippen LogP contribution in [0.3, 0.4) is 0 Å². The highest BCUT2D eigenvalue weighted by Crippen LogP contribution is 2.31. The smallest absolute Gasteiger partial charge is 0.328 e. The van der Waals surface area contributed by atoms with Crippen LogP contribution in [0.15, 0.2) is 34.0 Å². The van der Waals surface area contributed by atoms with Crippen molar-refractivity contribution in [1.82, 2.24) is 14.5 Å². The van der Waals surface area contributed by atoms with E-state index in [-0.39, 0.29) is 23.3 Å². The van der Waals surface area contributed by atoms with Crippen LogP contribution in [0.2, 0.25) is 0 Å². The molecule has 1 atom stereocenters. The Kier molecular flexibility index (Phi) is 3.96. The minimum atomic E-state index is -0.264. The molecule has 6 nitrogen and oxygen atoms in total. The van der Waals surface area contributed by atoms with Crippen LogP contribution in [0.4, 0.5) is 5.82 Å². The highest BCUT2D eigenvalue weighted by molar-refractivity contribution is 5.40. The number of H-pyrrole nitrogens is 1. The molecule has 0 bridgehead atoms.